The van der Waals surface area contributed by atoms with E-state index in [2.05, 4.69) is 40.2 Å². The van der Waals surface area contributed by atoms with Crippen molar-refractivity contribution in [1.29, 1.82) is 0 Å². The summed E-state index contributed by atoms with van der Waals surface area (Å²) in [6.45, 7) is 3.20. The number of benzene rings is 1. The molecule has 0 saturated carbocycles. The Kier molecular flexibility index (Phi) is 5.45. The second-order valence-electron chi connectivity index (χ2n) is 7.58. The molecule has 144 valence electrons. The van der Waals surface area contributed by atoms with Crippen LogP contribution in [0.2, 0.25) is 0 Å². The van der Waals surface area contributed by atoms with Crippen LogP contribution in [0.15, 0.2) is 53.6 Å². The molecule has 0 unspecified atom stereocenters. The summed E-state index contributed by atoms with van der Waals surface area (Å²) in [4.78, 5) is 7.05. The Hall–Kier alpha value is -1.92. The largest absolute Gasteiger partial charge is 0.357 e. The van der Waals surface area contributed by atoms with Crippen LogP contribution < -0.4 is 4.90 Å². The van der Waals surface area contributed by atoms with Crippen molar-refractivity contribution in [3.63, 3.8) is 0 Å². The van der Waals surface area contributed by atoms with Gasteiger partial charge in [0.1, 0.15) is 10.7 Å². The van der Waals surface area contributed by atoms with Crippen molar-refractivity contribution in [2.24, 2.45) is 5.92 Å². The molecule has 4 rings (SSSR count). The fourth-order valence-electron chi connectivity index (χ4n) is 4.10. The number of nitrogens with zero attached hydrogens (tertiary/aromatic N) is 3. The zero-order chi connectivity index (χ0) is 18.7. The number of piperidine rings is 1. The van der Waals surface area contributed by atoms with Gasteiger partial charge in [-0.25, -0.2) is 13.4 Å². The molecular formula is C21H27N3O2S. The Bertz CT molecular complexity index is 839. The van der Waals surface area contributed by atoms with Crippen LogP contribution in [0, 0.1) is 5.92 Å². The van der Waals surface area contributed by atoms with Gasteiger partial charge in [0.05, 0.1) is 0 Å². The Morgan fingerprint density at radius 3 is 2.26 bits per heavy atom. The Morgan fingerprint density at radius 2 is 1.63 bits per heavy atom. The normalized spacial score (nSPS) is 19.5. The molecule has 2 aromatic rings. The van der Waals surface area contributed by atoms with Gasteiger partial charge in [-0.2, -0.15) is 4.31 Å². The number of rotatable bonds is 5. The quantitative estimate of drug-likeness (QED) is 0.792. The average molecular weight is 386 g/mol. The molecule has 2 aliphatic rings. The first-order chi connectivity index (χ1) is 13.1. The number of anilines is 1. The summed E-state index contributed by atoms with van der Waals surface area (Å²) in [6, 6.07) is 14.2. The van der Waals surface area contributed by atoms with Gasteiger partial charge in [0.2, 0.25) is 10.0 Å². The molecular weight excluding hydrogens is 358 g/mol. The Labute approximate surface area is 162 Å². The fraction of sp³-hybridized carbons (Fsp3) is 0.476. The number of pyridine rings is 1. The van der Waals surface area contributed by atoms with E-state index in [0.29, 0.717) is 23.9 Å². The monoisotopic (exact) mass is 385 g/mol. The Balaban J connectivity index is 1.36. The van der Waals surface area contributed by atoms with Crippen molar-refractivity contribution in [2.75, 3.05) is 31.1 Å². The summed E-state index contributed by atoms with van der Waals surface area (Å²) in [7, 11) is -3.38. The smallest absolute Gasteiger partial charge is 0.244 e. The van der Waals surface area contributed by atoms with Gasteiger partial charge in [0.15, 0.2) is 0 Å². The molecule has 0 aliphatic carbocycles. The highest BCUT2D eigenvalue weighted by Gasteiger charge is 2.28. The molecule has 27 heavy (non-hydrogen) atoms. The van der Waals surface area contributed by atoms with Crippen LogP contribution in [0.5, 0.6) is 0 Å². The van der Waals surface area contributed by atoms with Gasteiger partial charge >= 0.3 is 0 Å². The fourth-order valence-corrected chi connectivity index (χ4v) is 5.57. The van der Waals surface area contributed by atoms with Gasteiger partial charge < -0.3 is 4.90 Å². The van der Waals surface area contributed by atoms with Crippen molar-refractivity contribution in [2.45, 2.75) is 37.0 Å². The predicted molar refractivity (Wildman–Crippen MR) is 107 cm³/mol. The minimum atomic E-state index is -3.38. The van der Waals surface area contributed by atoms with Crippen LogP contribution >= 0.6 is 0 Å². The van der Waals surface area contributed by atoms with Crippen molar-refractivity contribution in [3.05, 3.63) is 54.2 Å². The SMILES string of the molecule is O=S(=O)(c1ccc(N2CCC(Cc3ccccc3)CC2)nc1)N1CCCC1. The first kappa shape index (κ1) is 18.4. The highest BCUT2D eigenvalue weighted by atomic mass is 32.2. The third-order valence-electron chi connectivity index (χ3n) is 5.73. The molecule has 2 fully saturated rings. The molecule has 2 aliphatic heterocycles. The third-order valence-corrected chi connectivity index (χ3v) is 7.61. The first-order valence-corrected chi connectivity index (χ1v) is 11.3. The minimum Gasteiger partial charge on any atom is -0.357 e. The summed E-state index contributed by atoms with van der Waals surface area (Å²) in [5.74, 6) is 1.59. The summed E-state index contributed by atoms with van der Waals surface area (Å²) >= 11 is 0. The van der Waals surface area contributed by atoms with E-state index in [1.165, 1.54) is 11.8 Å². The zero-order valence-corrected chi connectivity index (χ0v) is 16.4. The molecule has 6 heteroatoms. The van der Waals surface area contributed by atoms with E-state index in [0.717, 1.165) is 51.0 Å². The van der Waals surface area contributed by atoms with E-state index in [-0.39, 0.29) is 0 Å². The molecule has 0 bridgehead atoms. The lowest BCUT2D eigenvalue weighted by atomic mass is 9.90. The van der Waals surface area contributed by atoms with Crippen molar-refractivity contribution in [3.8, 4) is 0 Å². The van der Waals surface area contributed by atoms with Crippen LogP contribution in [0.4, 0.5) is 5.82 Å². The van der Waals surface area contributed by atoms with Gasteiger partial charge in [0.25, 0.3) is 0 Å². The lowest BCUT2D eigenvalue weighted by Crippen LogP contribution is -2.35. The molecule has 0 spiro atoms. The Morgan fingerprint density at radius 1 is 0.926 bits per heavy atom. The molecule has 0 atom stereocenters. The average Bonchev–Trinajstić information content (AvgIpc) is 3.25. The van der Waals surface area contributed by atoms with Crippen LogP contribution in [-0.2, 0) is 16.4 Å². The van der Waals surface area contributed by atoms with Gasteiger partial charge in [-0.15, -0.1) is 0 Å². The minimum absolute atomic E-state index is 0.312. The summed E-state index contributed by atoms with van der Waals surface area (Å²) in [5, 5.41) is 0. The van der Waals surface area contributed by atoms with Gasteiger partial charge in [-0.3, -0.25) is 0 Å². The van der Waals surface area contributed by atoms with Crippen LogP contribution in [0.1, 0.15) is 31.2 Å². The summed E-state index contributed by atoms with van der Waals surface area (Å²) < 4.78 is 26.8. The van der Waals surface area contributed by atoms with E-state index >= 15 is 0 Å². The maximum absolute atomic E-state index is 12.6. The standard InChI is InChI=1S/C21H27N3O2S/c25-27(26,24-12-4-5-13-24)20-8-9-21(22-17-20)23-14-10-19(11-15-23)16-18-6-2-1-3-7-18/h1-3,6-9,17,19H,4-5,10-16H2. The highest BCUT2D eigenvalue weighted by Crippen LogP contribution is 2.26. The molecule has 5 nitrogen and oxygen atoms in total. The predicted octanol–water partition coefficient (Wildman–Crippen LogP) is 3.33. The van der Waals surface area contributed by atoms with E-state index in [9.17, 15) is 8.42 Å². The summed E-state index contributed by atoms with van der Waals surface area (Å²) in [5.41, 5.74) is 1.41. The second-order valence-corrected chi connectivity index (χ2v) is 9.52. The molecule has 0 radical (unpaired) electrons. The van der Waals surface area contributed by atoms with Crippen LogP contribution in [-0.4, -0.2) is 43.9 Å². The lowest BCUT2D eigenvalue weighted by Gasteiger charge is -2.33. The lowest BCUT2D eigenvalue weighted by molar-refractivity contribution is 0.402. The highest BCUT2D eigenvalue weighted by molar-refractivity contribution is 7.89. The van der Waals surface area contributed by atoms with Crippen molar-refractivity contribution < 1.29 is 8.42 Å². The second kappa shape index (κ2) is 7.98. The van der Waals surface area contributed by atoms with Gasteiger partial charge in [-0.1, -0.05) is 30.3 Å². The topological polar surface area (TPSA) is 53.5 Å². The van der Waals surface area contributed by atoms with Gasteiger partial charge in [0, 0.05) is 32.4 Å². The van der Waals surface area contributed by atoms with E-state index in [1.807, 2.05) is 6.07 Å². The van der Waals surface area contributed by atoms with Crippen LogP contribution in [0.3, 0.4) is 0 Å². The first-order valence-electron chi connectivity index (χ1n) is 9.88. The maximum atomic E-state index is 12.6. The third kappa shape index (κ3) is 4.17. The van der Waals surface area contributed by atoms with Crippen molar-refractivity contribution >= 4 is 15.8 Å². The van der Waals surface area contributed by atoms with E-state index in [4.69, 9.17) is 0 Å². The molecule has 1 aromatic carbocycles. The zero-order valence-electron chi connectivity index (χ0n) is 15.6. The van der Waals surface area contributed by atoms with Gasteiger partial charge in [-0.05, 0) is 55.7 Å². The number of aromatic nitrogens is 1. The maximum Gasteiger partial charge on any atom is 0.244 e. The molecule has 2 saturated heterocycles. The summed E-state index contributed by atoms with van der Waals surface area (Å²) in [6.07, 6.45) is 6.84. The number of sulfonamides is 1. The molecule has 0 amide bonds. The van der Waals surface area contributed by atoms with Crippen LogP contribution in [0.25, 0.3) is 0 Å². The molecule has 1 aromatic heterocycles. The number of hydrogen-bond donors (Lipinski definition) is 0. The molecule has 0 N–H and O–H groups in total. The van der Waals surface area contributed by atoms with E-state index < -0.39 is 10.0 Å². The van der Waals surface area contributed by atoms with Crippen molar-refractivity contribution in [1.82, 2.24) is 9.29 Å². The molecule has 3 heterocycles. The number of hydrogen-bond acceptors (Lipinski definition) is 4. The van der Waals surface area contributed by atoms with E-state index in [1.54, 1.807) is 10.4 Å².